The second kappa shape index (κ2) is 8.87. The monoisotopic (exact) mass is 404 g/mol. The quantitative estimate of drug-likeness (QED) is 0.305. The van der Waals surface area contributed by atoms with Gasteiger partial charge in [-0.25, -0.2) is 0 Å². The van der Waals surface area contributed by atoms with Crippen LogP contribution >= 0.6 is 0 Å². The van der Waals surface area contributed by atoms with E-state index in [4.69, 9.17) is 14.0 Å². The first kappa shape index (κ1) is 21.4. The molecule has 1 aromatic rings. The maximum absolute atomic E-state index is 10.9. The molecule has 27 heavy (non-hydrogen) atoms. The highest BCUT2D eigenvalue weighted by molar-refractivity contribution is 7.85. The van der Waals surface area contributed by atoms with Gasteiger partial charge in [-0.3, -0.25) is 4.55 Å². The zero-order valence-electron chi connectivity index (χ0n) is 14.6. The van der Waals surface area contributed by atoms with Gasteiger partial charge >= 0.3 is 0 Å². The van der Waals surface area contributed by atoms with Crippen molar-refractivity contribution in [1.29, 1.82) is 0 Å². The molecule has 0 aliphatic carbocycles. The highest BCUT2D eigenvalue weighted by atomic mass is 32.2. The van der Waals surface area contributed by atoms with Crippen molar-refractivity contribution in [3.8, 4) is 5.75 Å². The lowest BCUT2D eigenvalue weighted by atomic mass is 9.97. The van der Waals surface area contributed by atoms with Crippen LogP contribution in [0, 0.1) is 0 Å². The Balaban J connectivity index is 2.04. The van der Waals surface area contributed by atoms with Crippen LogP contribution in [-0.2, 0) is 14.9 Å². The molecule has 0 bridgehead atoms. The summed E-state index contributed by atoms with van der Waals surface area (Å²) in [4.78, 5) is 0. The lowest BCUT2D eigenvalue weighted by Crippen LogP contribution is -2.59. The van der Waals surface area contributed by atoms with Gasteiger partial charge in [-0.1, -0.05) is 6.58 Å². The van der Waals surface area contributed by atoms with E-state index in [0.717, 1.165) is 5.69 Å². The zero-order valence-corrected chi connectivity index (χ0v) is 15.5. The standard InChI is InChI=1S/C16H24N2O8S/c1-9(17-2)18-10-3-5-11(6-4-10)25-16-15(21)14(20)13(19)12(26-16)7-8-27(22,23)24/h3-6,12-21H,1,7-8H2,2H3,(H,22,23,24)/t12-,13-,14+,15+,16+/m1/s1. The average molecular weight is 404 g/mol. The van der Waals surface area contributed by atoms with Crippen molar-refractivity contribution >= 4 is 15.8 Å². The van der Waals surface area contributed by atoms with Crippen LogP contribution in [0.1, 0.15) is 6.42 Å². The summed E-state index contributed by atoms with van der Waals surface area (Å²) in [6.07, 6.45) is -7.44. The highest BCUT2D eigenvalue weighted by Crippen LogP contribution is 2.27. The molecule has 0 radical (unpaired) electrons. The van der Waals surface area contributed by atoms with Gasteiger partial charge in [-0.15, -0.1) is 0 Å². The summed E-state index contributed by atoms with van der Waals surface area (Å²) in [5, 5.41) is 35.8. The fraction of sp³-hybridized carbons (Fsp3) is 0.500. The lowest BCUT2D eigenvalue weighted by molar-refractivity contribution is -0.272. The van der Waals surface area contributed by atoms with E-state index in [1.807, 2.05) is 0 Å². The third-order valence-corrected chi connectivity index (χ3v) is 4.78. The van der Waals surface area contributed by atoms with E-state index in [1.54, 1.807) is 31.3 Å². The molecule has 152 valence electrons. The van der Waals surface area contributed by atoms with Gasteiger partial charge in [0.05, 0.1) is 17.7 Å². The summed E-state index contributed by atoms with van der Waals surface area (Å²) in [5.74, 6) is 0.241. The Morgan fingerprint density at radius 1 is 1.19 bits per heavy atom. The van der Waals surface area contributed by atoms with Crippen molar-refractivity contribution in [2.24, 2.45) is 0 Å². The van der Waals surface area contributed by atoms with E-state index < -0.39 is 46.6 Å². The van der Waals surface area contributed by atoms with Gasteiger partial charge in [0.15, 0.2) is 0 Å². The molecule has 0 aromatic heterocycles. The maximum atomic E-state index is 10.9. The van der Waals surface area contributed by atoms with Crippen molar-refractivity contribution in [1.82, 2.24) is 5.32 Å². The number of ether oxygens (including phenoxy) is 2. The van der Waals surface area contributed by atoms with Gasteiger partial charge in [0.25, 0.3) is 10.1 Å². The number of aliphatic hydroxyl groups is 3. The number of benzene rings is 1. The first-order valence-electron chi connectivity index (χ1n) is 8.16. The van der Waals surface area contributed by atoms with Crippen LogP contribution in [0.2, 0.25) is 0 Å². The smallest absolute Gasteiger partial charge is 0.264 e. The van der Waals surface area contributed by atoms with E-state index in [1.165, 1.54) is 0 Å². The molecular weight excluding hydrogens is 380 g/mol. The molecule has 1 aliphatic heterocycles. The maximum Gasteiger partial charge on any atom is 0.264 e. The number of rotatable bonds is 8. The Morgan fingerprint density at radius 2 is 1.81 bits per heavy atom. The second-order valence-electron chi connectivity index (χ2n) is 6.09. The minimum atomic E-state index is -4.27. The molecule has 1 heterocycles. The lowest BCUT2D eigenvalue weighted by Gasteiger charge is -2.40. The van der Waals surface area contributed by atoms with Gasteiger partial charge in [0.1, 0.15) is 24.1 Å². The van der Waals surface area contributed by atoms with E-state index in [0.29, 0.717) is 11.6 Å². The van der Waals surface area contributed by atoms with Gasteiger partial charge in [-0.05, 0) is 30.7 Å². The van der Waals surface area contributed by atoms with Crippen molar-refractivity contribution in [2.45, 2.75) is 37.1 Å². The molecule has 0 amide bonds. The largest absolute Gasteiger partial charge is 0.462 e. The number of hydrogen-bond donors (Lipinski definition) is 6. The van der Waals surface area contributed by atoms with Crippen LogP contribution in [0.15, 0.2) is 36.7 Å². The zero-order chi connectivity index (χ0) is 20.2. The predicted octanol–water partition coefficient (Wildman–Crippen LogP) is -0.747. The van der Waals surface area contributed by atoms with E-state index in [9.17, 15) is 23.7 Å². The topological polar surface area (TPSA) is 158 Å². The molecule has 6 N–H and O–H groups in total. The number of anilines is 1. The fourth-order valence-corrected chi connectivity index (χ4v) is 3.04. The molecule has 1 fully saturated rings. The van der Waals surface area contributed by atoms with E-state index >= 15 is 0 Å². The highest BCUT2D eigenvalue weighted by Gasteiger charge is 2.45. The molecule has 1 aliphatic rings. The van der Waals surface area contributed by atoms with Crippen molar-refractivity contribution in [3.05, 3.63) is 36.7 Å². The normalized spacial score (nSPS) is 28.4. The molecule has 11 heteroatoms. The summed E-state index contributed by atoms with van der Waals surface area (Å²) < 4.78 is 41.5. The molecular formula is C16H24N2O8S. The number of hydrogen-bond acceptors (Lipinski definition) is 9. The minimum absolute atomic E-state index is 0.279. The first-order chi connectivity index (χ1) is 12.6. The molecule has 5 atom stereocenters. The van der Waals surface area contributed by atoms with Crippen molar-refractivity contribution < 1.29 is 37.8 Å². The van der Waals surface area contributed by atoms with Gasteiger partial charge in [-0.2, -0.15) is 8.42 Å². The van der Waals surface area contributed by atoms with Gasteiger partial charge in [0.2, 0.25) is 6.29 Å². The molecule has 2 rings (SSSR count). The Bertz CT molecular complexity index is 739. The van der Waals surface area contributed by atoms with Crippen LogP contribution in [0.5, 0.6) is 5.75 Å². The predicted molar refractivity (Wildman–Crippen MR) is 96.6 cm³/mol. The van der Waals surface area contributed by atoms with Crippen molar-refractivity contribution in [2.75, 3.05) is 18.1 Å². The Kier molecular flexibility index (Phi) is 7.03. The third-order valence-electron chi connectivity index (χ3n) is 4.03. The summed E-state index contributed by atoms with van der Waals surface area (Å²) >= 11 is 0. The van der Waals surface area contributed by atoms with Crippen LogP contribution in [0.4, 0.5) is 5.69 Å². The Labute approximate surface area is 157 Å². The third kappa shape index (κ3) is 6.06. The second-order valence-corrected chi connectivity index (χ2v) is 7.66. The average Bonchev–Trinajstić information content (AvgIpc) is 2.61. The number of aliphatic hydroxyl groups excluding tert-OH is 3. The first-order valence-corrected chi connectivity index (χ1v) is 9.77. The summed E-state index contributed by atoms with van der Waals surface area (Å²) in [7, 11) is -2.55. The summed E-state index contributed by atoms with van der Waals surface area (Å²) in [5.41, 5.74) is 0.730. The van der Waals surface area contributed by atoms with Crippen LogP contribution < -0.4 is 15.4 Å². The molecule has 0 spiro atoms. The SMILES string of the molecule is C=C(NC)Nc1ccc(O[C@H]2O[C@H](CCS(=O)(=O)O)[C@@H](O)[C@H](O)[C@@H]2O)cc1. The molecule has 1 aromatic carbocycles. The molecule has 1 saturated heterocycles. The molecule has 0 saturated carbocycles. The molecule has 0 unspecified atom stereocenters. The summed E-state index contributed by atoms with van der Waals surface area (Å²) in [6, 6.07) is 6.56. The minimum Gasteiger partial charge on any atom is -0.462 e. The van der Waals surface area contributed by atoms with E-state index in [2.05, 4.69) is 17.2 Å². The van der Waals surface area contributed by atoms with Gasteiger partial charge in [0, 0.05) is 12.7 Å². The van der Waals surface area contributed by atoms with Gasteiger partial charge < -0.3 is 35.4 Å². The summed E-state index contributed by atoms with van der Waals surface area (Å²) in [6.45, 7) is 3.73. The Morgan fingerprint density at radius 3 is 2.37 bits per heavy atom. The van der Waals surface area contributed by atoms with Crippen LogP contribution in [0.3, 0.4) is 0 Å². The van der Waals surface area contributed by atoms with Crippen LogP contribution in [-0.4, -0.2) is 71.8 Å². The van der Waals surface area contributed by atoms with E-state index in [-0.39, 0.29) is 6.42 Å². The number of nitrogens with one attached hydrogen (secondary N) is 2. The van der Waals surface area contributed by atoms with Crippen molar-refractivity contribution in [3.63, 3.8) is 0 Å². The van der Waals surface area contributed by atoms with Crippen LogP contribution in [0.25, 0.3) is 0 Å². The molecule has 10 nitrogen and oxygen atoms in total. The fourth-order valence-electron chi connectivity index (χ4n) is 2.51. The Hall–Kier alpha value is -1.89.